The minimum atomic E-state index is -0.553. The Hall–Kier alpha value is -3.65. The zero-order valence-corrected chi connectivity index (χ0v) is 19.9. The molecule has 8 nitrogen and oxygen atoms in total. The average Bonchev–Trinajstić information content (AvgIpc) is 3.37. The van der Waals surface area contributed by atoms with Gasteiger partial charge in [0.2, 0.25) is 11.8 Å². The van der Waals surface area contributed by atoms with Gasteiger partial charge in [-0.25, -0.2) is 4.98 Å². The van der Waals surface area contributed by atoms with E-state index in [-0.39, 0.29) is 29.9 Å². The molecular formula is C27H30N4O4. The van der Waals surface area contributed by atoms with Gasteiger partial charge in [-0.1, -0.05) is 30.3 Å². The van der Waals surface area contributed by atoms with Crippen LogP contribution in [0.15, 0.2) is 54.7 Å². The Morgan fingerprint density at radius 3 is 2.74 bits per heavy atom. The lowest BCUT2D eigenvalue weighted by molar-refractivity contribution is -0.122. The first kappa shape index (κ1) is 23.1. The summed E-state index contributed by atoms with van der Waals surface area (Å²) in [6.07, 6.45) is 1.51. The number of nitrogens with two attached hydrogens (primary N) is 1. The SMILES string of the molecule is CC(C)Oc1cc2c(OC[C@H]3NC(=O)[C@@H]4CN(Cc5ccccc5)C[C@H]34)nccc2cc1C(N)=O. The summed E-state index contributed by atoms with van der Waals surface area (Å²) in [6.45, 7) is 6.51. The molecule has 0 bridgehead atoms. The number of hydrogen-bond donors (Lipinski definition) is 2. The van der Waals surface area contributed by atoms with Gasteiger partial charge in [0.25, 0.3) is 5.91 Å². The van der Waals surface area contributed by atoms with Crippen LogP contribution in [0.3, 0.4) is 0 Å². The summed E-state index contributed by atoms with van der Waals surface area (Å²) in [6, 6.07) is 15.5. The average molecular weight is 475 g/mol. The number of fused-ring (bicyclic) bond motifs is 2. The Bertz CT molecular complexity index is 1250. The fourth-order valence-electron chi connectivity index (χ4n) is 5.13. The van der Waals surface area contributed by atoms with Crippen LogP contribution in [0.25, 0.3) is 10.8 Å². The zero-order chi connectivity index (χ0) is 24.5. The van der Waals surface area contributed by atoms with E-state index in [2.05, 4.69) is 27.3 Å². The summed E-state index contributed by atoms with van der Waals surface area (Å²) in [7, 11) is 0. The standard InChI is InChI=1S/C27H30N4O4/c1-16(2)35-24-11-19-18(10-20(24)25(28)32)8-9-29-27(19)34-15-23-21-13-31(14-22(21)26(33)30-23)12-17-6-4-3-5-7-17/h3-11,16,21-23H,12-15H2,1-2H3,(H2,28,32)(H,30,33)/t21-,22+,23+/m0/s1. The molecule has 2 aliphatic heterocycles. The highest BCUT2D eigenvalue weighted by atomic mass is 16.5. The fraction of sp³-hybridized carbons (Fsp3) is 0.370. The molecule has 182 valence electrons. The second-order valence-corrected chi connectivity index (χ2v) is 9.59. The third-order valence-electron chi connectivity index (χ3n) is 6.73. The van der Waals surface area contributed by atoms with Crippen molar-refractivity contribution in [3.8, 4) is 11.6 Å². The van der Waals surface area contributed by atoms with Crippen molar-refractivity contribution in [2.45, 2.75) is 32.5 Å². The lowest BCUT2D eigenvalue weighted by Crippen LogP contribution is -2.38. The monoisotopic (exact) mass is 474 g/mol. The smallest absolute Gasteiger partial charge is 0.252 e. The summed E-state index contributed by atoms with van der Waals surface area (Å²) < 4.78 is 12.0. The maximum Gasteiger partial charge on any atom is 0.252 e. The van der Waals surface area contributed by atoms with Gasteiger partial charge in [-0.05, 0) is 43.0 Å². The van der Waals surface area contributed by atoms with Gasteiger partial charge in [0.1, 0.15) is 12.4 Å². The predicted molar refractivity (Wildman–Crippen MR) is 132 cm³/mol. The molecule has 1 aromatic heterocycles. The lowest BCUT2D eigenvalue weighted by atomic mass is 9.94. The summed E-state index contributed by atoms with van der Waals surface area (Å²) in [5, 5.41) is 4.62. The molecule has 2 amide bonds. The molecule has 2 saturated heterocycles. The first-order valence-corrected chi connectivity index (χ1v) is 12.0. The number of pyridine rings is 1. The van der Waals surface area contributed by atoms with Gasteiger partial charge in [0.15, 0.2) is 0 Å². The number of amides is 2. The maximum absolute atomic E-state index is 12.7. The molecule has 0 radical (unpaired) electrons. The van der Waals surface area contributed by atoms with Crippen LogP contribution in [0.5, 0.6) is 11.6 Å². The van der Waals surface area contributed by atoms with Gasteiger partial charge in [0, 0.05) is 37.1 Å². The van der Waals surface area contributed by atoms with Crippen LogP contribution < -0.4 is 20.5 Å². The van der Waals surface area contributed by atoms with Crippen LogP contribution in [-0.4, -0.2) is 53.5 Å². The van der Waals surface area contributed by atoms with E-state index >= 15 is 0 Å². The number of ether oxygens (including phenoxy) is 2. The van der Waals surface area contributed by atoms with E-state index in [1.54, 1.807) is 24.4 Å². The van der Waals surface area contributed by atoms with Gasteiger partial charge in [0.05, 0.1) is 23.6 Å². The maximum atomic E-state index is 12.7. The summed E-state index contributed by atoms with van der Waals surface area (Å²) in [5.41, 5.74) is 7.14. The van der Waals surface area contributed by atoms with E-state index in [4.69, 9.17) is 15.2 Å². The first-order valence-electron chi connectivity index (χ1n) is 12.0. The van der Waals surface area contributed by atoms with Crippen LogP contribution in [0.2, 0.25) is 0 Å². The van der Waals surface area contributed by atoms with Gasteiger partial charge < -0.3 is 20.5 Å². The molecule has 0 aliphatic carbocycles. The van der Waals surface area contributed by atoms with E-state index < -0.39 is 5.91 Å². The summed E-state index contributed by atoms with van der Waals surface area (Å²) >= 11 is 0. The second kappa shape index (κ2) is 9.54. The van der Waals surface area contributed by atoms with Crippen molar-refractivity contribution >= 4 is 22.6 Å². The highest BCUT2D eigenvalue weighted by Crippen LogP contribution is 2.34. The summed E-state index contributed by atoms with van der Waals surface area (Å²) in [4.78, 5) is 31.4. The van der Waals surface area contributed by atoms with Gasteiger partial charge in [-0.15, -0.1) is 0 Å². The van der Waals surface area contributed by atoms with Crippen molar-refractivity contribution in [2.24, 2.45) is 17.6 Å². The van der Waals surface area contributed by atoms with Crippen molar-refractivity contribution < 1.29 is 19.1 Å². The van der Waals surface area contributed by atoms with Crippen molar-refractivity contribution in [3.05, 3.63) is 65.9 Å². The van der Waals surface area contributed by atoms with E-state index in [1.807, 2.05) is 32.0 Å². The largest absolute Gasteiger partial charge is 0.490 e. The Kier molecular flexibility index (Phi) is 6.30. The third-order valence-corrected chi connectivity index (χ3v) is 6.73. The minimum absolute atomic E-state index is 0.0306. The molecule has 2 fully saturated rings. The number of benzene rings is 2. The zero-order valence-electron chi connectivity index (χ0n) is 19.9. The van der Waals surface area contributed by atoms with E-state index in [0.717, 1.165) is 30.4 Å². The van der Waals surface area contributed by atoms with E-state index in [0.29, 0.717) is 23.8 Å². The van der Waals surface area contributed by atoms with Crippen LogP contribution in [0.4, 0.5) is 0 Å². The molecule has 3 N–H and O–H groups in total. The molecule has 3 aromatic rings. The lowest BCUT2D eigenvalue weighted by Gasteiger charge is -2.21. The molecule has 5 rings (SSSR count). The molecule has 0 saturated carbocycles. The minimum Gasteiger partial charge on any atom is -0.490 e. The van der Waals surface area contributed by atoms with Gasteiger partial charge in [-0.2, -0.15) is 0 Å². The predicted octanol–water partition coefficient (Wildman–Crippen LogP) is 2.75. The molecule has 2 aromatic carbocycles. The van der Waals surface area contributed by atoms with Crippen LogP contribution in [0, 0.1) is 11.8 Å². The van der Waals surface area contributed by atoms with Crippen molar-refractivity contribution in [1.29, 1.82) is 0 Å². The molecular weight excluding hydrogens is 444 g/mol. The van der Waals surface area contributed by atoms with Gasteiger partial charge >= 0.3 is 0 Å². The van der Waals surface area contributed by atoms with Gasteiger partial charge in [-0.3, -0.25) is 14.5 Å². The third kappa shape index (κ3) is 4.79. The Labute approximate surface area is 204 Å². The molecule has 2 aliphatic rings. The first-order chi connectivity index (χ1) is 16.9. The quantitative estimate of drug-likeness (QED) is 0.520. The molecule has 0 spiro atoms. The fourth-order valence-corrected chi connectivity index (χ4v) is 5.13. The Balaban J connectivity index is 1.32. The number of hydrogen-bond acceptors (Lipinski definition) is 6. The molecule has 3 heterocycles. The Morgan fingerprint density at radius 2 is 2.00 bits per heavy atom. The van der Waals surface area contributed by atoms with Crippen molar-refractivity contribution in [2.75, 3.05) is 19.7 Å². The number of nitrogens with zero attached hydrogens (tertiary/aromatic N) is 2. The number of aromatic nitrogens is 1. The summed E-state index contributed by atoms with van der Waals surface area (Å²) in [5.74, 6) is 0.523. The second-order valence-electron chi connectivity index (χ2n) is 9.59. The number of rotatable bonds is 8. The topological polar surface area (TPSA) is 107 Å². The Morgan fingerprint density at radius 1 is 1.20 bits per heavy atom. The van der Waals surface area contributed by atoms with Crippen LogP contribution in [0.1, 0.15) is 29.8 Å². The molecule has 0 unspecified atom stereocenters. The highest BCUT2D eigenvalue weighted by molar-refractivity contribution is 6.01. The van der Waals surface area contributed by atoms with E-state index in [1.165, 1.54) is 5.56 Å². The molecule has 35 heavy (non-hydrogen) atoms. The number of carbonyl (C=O) groups is 2. The van der Waals surface area contributed by atoms with E-state index in [9.17, 15) is 9.59 Å². The molecule has 8 heteroatoms. The van der Waals surface area contributed by atoms with Crippen LogP contribution >= 0.6 is 0 Å². The van der Waals surface area contributed by atoms with Crippen molar-refractivity contribution in [1.82, 2.24) is 15.2 Å². The number of nitrogens with one attached hydrogen (secondary N) is 1. The van der Waals surface area contributed by atoms with Crippen LogP contribution in [-0.2, 0) is 11.3 Å². The highest BCUT2D eigenvalue weighted by Gasteiger charge is 2.48. The normalized spacial score (nSPS) is 21.8. The molecule has 3 atom stereocenters. The number of carbonyl (C=O) groups excluding carboxylic acids is 2. The number of primary amides is 1. The van der Waals surface area contributed by atoms with Crippen molar-refractivity contribution in [3.63, 3.8) is 0 Å². The number of likely N-dealkylation sites (tertiary alicyclic amines) is 1.